The van der Waals surface area contributed by atoms with E-state index in [2.05, 4.69) is 66.1 Å². The average Bonchev–Trinajstić information content (AvgIpc) is 3.01. The van der Waals surface area contributed by atoms with E-state index in [1.807, 2.05) is 11.7 Å². The molecule has 1 atom stereocenters. The maximum atomic E-state index is 4.39. The third kappa shape index (κ3) is 3.94. The predicted octanol–water partition coefficient (Wildman–Crippen LogP) is 2.70. The Bertz CT molecular complexity index is 553. The first kappa shape index (κ1) is 15.8. The van der Waals surface area contributed by atoms with Crippen molar-refractivity contribution in [2.45, 2.75) is 46.8 Å². The summed E-state index contributed by atoms with van der Waals surface area (Å²) in [5, 5.41) is 7.70. The molecule has 0 spiro atoms. The monoisotopic (exact) mass is 289 g/mol. The van der Waals surface area contributed by atoms with E-state index in [1.54, 1.807) is 6.33 Å². The van der Waals surface area contributed by atoms with Crippen LogP contribution in [-0.2, 0) is 13.1 Å². The summed E-state index contributed by atoms with van der Waals surface area (Å²) in [5.74, 6) is 2.15. The van der Waals surface area contributed by atoms with Crippen molar-refractivity contribution in [2.75, 3.05) is 7.05 Å². The van der Waals surface area contributed by atoms with Crippen molar-refractivity contribution in [3.8, 4) is 0 Å². The van der Waals surface area contributed by atoms with Gasteiger partial charge in [-0.05, 0) is 30.5 Å². The van der Waals surface area contributed by atoms with Crippen molar-refractivity contribution in [1.82, 2.24) is 24.6 Å². The van der Waals surface area contributed by atoms with Crippen LogP contribution in [0.2, 0.25) is 0 Å². The molecule has 0 fully saturated rings. The lowest BCUT2D eigenvalue weighted by atomic mass is 9.99. The minimum atomic E-state index is 0.389. The molecule has 21 heavy (non-hydrogen) atoms. The molecule has 1 N–H and O–H groups in total. The molecule has 0 amide bonds. The molecule has 0 aliphatic carbocycles. The van der Waals surface area contributed by atoms with Crippen molar-refractivity contribution in [2.24, 2.45) is 11.8 Å². The van der Waals surface area contributed by atoms with Gasteiger partial charge in [-0.25, -0.2) is 9.67 Å². The molecular weight excluding hydrogens is 262 g/mol. The summed E-state index contributed by atoms with van der Waals surface area (Å²) in [5.41, 5.74) is 1.32. The predicted molar refractivity (Wildman–Crippen MR) is 85.0 cm³/mol. The molecule has 1 unspecified atom stereocenters. The molecule has 116 valence electrons. The molecule has 2 rings (SSSR count). The molecule has 0 saturated carbocycles. The largest absolute Gasteiger partial charge is 0.346 e. The summed E-state index contributed by atoms with van der Waals surface area (Å²) in [6.07, 6.45) is 5.97. The second-order valence-corrected chi connectivity index (χ2v) is 6.38. The maximum absolute atomic E-state index is 4.39. The lowest BCUT2D eigenvalue weighted by Gasteiger charge is -2.18. The number of hydrogen-bond acceptors (Lipinski definition) is 3. The molecule has 2 aromatic rings. The van der Waals surface area contributed by atoms with Gasteiger partial charge in [0.1, 0.15) is 12.2 Å². The van der Waals surface area contributed by atoms with Gasteiger partial charge in [-0.1, -0.05) is 27.7 Å². The molecule has 0 radical (unpaired) electrons. The van der Waals surface area contributed by atoms with Crippen molar-refractivity contribution in [3.05, 3.63) is 36.2 Å². The van der Waals surface area contributed by atoms with E-state index in [1.165, 1.54) is 5.56 Å². The van der Waals surface area contributed by atoms with Gasteiger partial charge in [-0.2, -0.15) is 5.10 Å². The van der Waals surface area contributed by atoms with Crippen molar-refractivity contribution >= 4 is 0 Å². The second-order valence-electron chi connectivity index (χ2n) is 6.38. The van der Waals surface area contributed by atoms with Gasteiger partial charge in [0.2, 0.25) is 0 Å². The van der Waals surface area contributed by atoms with Crippen molar-refractivity contribution in [1.29, 1.82) is 0 Å². The number of aromatic nitrogens is 4. The SMILES string of the molecule is CNC(c1ccn(Cc2ncnn2CC(C)C)c1)C(C)C. The second kappa shape index (κ2) is 6.89. The maximum Gasteiger partial charge on any atom is 0.146 e. The van der Waals surface area contributed by atoms with Crippen LogP contribution in [0.15, 0.2) is 24.8 Å². The lowest BCUT2D eigenvalue weighted by molar-refractivity contribution is 0.442. The first-order chi connectivity index (χ1) is 10.0. The molecule has 2 heterocycles. The Kier molecular flexibility index (Phi) is 5.17. The van der Waals surface area contributed by atoms with Crippen LogP contribution >= 0.6 is 0 Å². The van der Waals surface area contributed by atoms with Gasteiger partial charge in [0, 0.05) is 25.0 Å². The summed E-state index contributed by atoms with van der Waals surface area (Å²) in [7, 11) is 2.02. The van der Waals surface area contributed by atoms with Crippen LogP contribution < -0.4 is 5.32 Å². The fraction of sp³-hybridized carbons (Fsp3) is 0.625. The highest BCUT2D eigenvalue weighted by atomic mass is 15.3. The normalized spacial score (nSPS) is 13.3. The van der Waals surface area contributed by atoms with Crippen LogP contribution in [0, 0.1) is 11.8 Å². The van der Waals surface area contributed by atoms with Crippen LogP contribution in [0.4, 0.5) is 0 Å². The van der Waals surface area contributed by atoms with Crippen LogP contribution in [0.1, 0.15) is 45.1 Å². The highest BCUT2D eigenvalue weighted by Gasteiger charge is 2.15. The van der Waals surface area contributed by atoms with E-state index in [-0.39, 0.29) is 0 Å². The van der Waals surface area contributed by atoms with Gasteiger partial charge >= 0.3 is 0 Å². The minimum absolute atomic E-state index is 0.389. The average molecular weight is 289 g/mol. The summed E-state index contributed by atoms with van der Waals surface area (Å²) in [6, 6.07) is 2.57. The van der Waals surface area contributed by atoms with E-state index in [9.17, 15) is 0 Å². The van der Waals surface area contributed by atoms with Gasteiger partial charge in [0.25, 0.3) is 0 Å². The quantitative estimate of drug-likeness (QED) is 0.852. The topological polar surface area (TPSA) is 47.7 Å². The fourth-order valence-corrected chi connectivity index (χ4v) is 2.70. The van der Waals surface area contributed by atoms with Gasteiger partial charge in [0.05, 0.1) is 6.54 Å². The minimum Gasteiger partial charge on any atom is -0.346 e. The highest BCUT2D eigenvalue weighted by Crippen LogP contribution is 2.21. The zero-order valence-electron chi connectivity index (χ0n) is 13.7. The number of hydrogen-bond donors (Lipinski definition) is 1. The number of rotatable bonds is 7. The van der Waals surface area contributed by atoms with Crippen LogP contribution in [-0.4, -0.2) is 26.4 Å². The molecular formula is C16H27N5. The van der Waals surface area contributed by atoms with Gasteiger partial charge in [0.15, 0.2) is 0 Å². The Balaban J connectivity index is 2.11. The van der Waals surface area contributed by atoms with Crippen molar-refractivity contribution in [3.63, 3.8) is 0 Å². The molecule has 0 aliphatic heterocycles. The molecule has 0 bridgehead atoms. The Morgan fingerprint density at radius 3 is 2.62 bits per heavy atom. The fourth-order valence-electron chi connectivity index (χ4n) is 2.70. The molecule has 0 aromatic carbocycles. The first-order valence-corrected chi connectivity index (χ1v) is 7.71. The third-order valence-corrected chi connectivity index (χ3v) is 3.67. The Morgan fingerprint density at radius 1 is 1.24 bits per heavy atom. The molecule has 0 aliphatic rings. The number of nitrogens with one attached hydrogen (secondary N) is 1. The van der Waals surface area contributed by atoms with E-state index in [0.29, 0.717) is 17.9 Å². The van der Waals surface area contributed by atoms with Gasteiger partial charge in [-0.15, -0.1) is 0 Å². The standard InChI is InChI=1S/C16H27N5/c1-12(2)8-21-15(18-11-19-21)10-20-7-6-14(9-20)16(17-5)13(3)4/h6-7,9,11-13,16-17H,8,10H2,1-5H3. The molecule has 0 saturated heterocycles. The lowest BCUT2D eigenvalue weighted by Crippen LogP contribution is -2.21. The molecule has 5 heteroatoms. The zero-order valence-corrected chi connectivity index (χ0v) is 13.7. The van der Waals surface area contributed by atoms with E-state index < -0.39 is 0 Å². The smallest absolute Gasteiger partial charge is 0.146 e. The summed E-state index contributed by atoms with van der Waals surface area (Å²) in [4.78, 5) is 4.39. The molecule has 2 aromatic heterocycles. The van der Waals surface area contributed by atoms with E-state index in [4.69, 9.17) is 0 Å². The van der Waals surface area contributed by atoms with Crippen LogP contribution in [0.5, 0.6) is 0 Å². The summed E-state index contributed by atoms with van der Waals surface area (Å²) in [6.45, 7) is 10.5. The van der Waals surface area contributed by atoms with Crippen LogP contribution in [0.3, 0.4) is 0 Å². The van der Waals surface area contributed by atoms with E-state index in [0.717, 1.165) is 18.9 Å². The third-order valence-electron chi connectivity index (χ3n) is 3.67. The van der Waals surface area contributed by atoms with Crippen molar-refractivity contribution < 1.29 is 0 Å². The summed E-state index contributed by atoms with van der Waals surface area (Å²) >= 11 is 0. The summed E-state index contributed by atoms with van der Waals surface area (Å²) < 4.78 is 4.19. The van der Waals surface area contributed by atoms with E-state index >= 15 is 0 Å². The van der Waals surface area contributed by atoms with Gasteiger partial charge < -0.3 is 9.88 Å². The Hall–Kier alpha value is -1.62. The number of nitrogens with zero attached hydrogens (tertiary/aromatic N) is 4. The highest BCUT2D eigenvalue weighted by molar-refractivity contribution is 5.16. The van der Waals surface area contributed by atoms with Gasteiger partial charge in [-0.3, -0.25) is 0 Å². The molecule has 5 nitrogen and oxygen atoms in total. The van der Waals surface area contributed by atoms with Crippen LogP contribution in [0.25, 0.3) is 0 Å². The Morgan fingerprint density at radius 2 is 2.00 bits per heavy atom. The zero-order chi connectivity index (χ0) is 15.4. The first-order valence-electron chi connectivity index (χ1n) is 7.71. The Labute approximate surface area is 127 Å².